The highest BCUT2D eigenvalue weighted by molar-refractivity contribution is 6.30. The highest BCUT2D eigenvalue weighted by Crippen LogP contribution is 2.24. The number of benzene rings is 1. The summed E-state index contributed by atoms with van der Waals surface area (Å²) >= 11 is 5.97. The Morgan fingerprint density at radius 3 is 2.70 bits per heavy atom. The smallest absolute Gasteiger partial charge is 0.134 e. The average molecular weight is 295 g/mol. The lowest BCUT2D eigenvalue weighted by molar-refractivity contribution is 0.292. The van der Waals surface area contributed by atoms with Crippen molar-refractivity contribution in [2.24, 2.45) is 0 Å². The molecule has 0 bridgehead atoms. The summed E-state index contributed by atoms with van der Waals surface area (Å²) in [5.41, 5.74) is 0.980. The van der Waals surface area contributed by atoms with Crippen LogP contribution in [0.25, 0.3) is 11.3 Å². The van der Waals surface area contributed by atoms with E-state index in [2.05, 4.69) is 10.6 Å². The maximum absolute atomic E-state index is 8.62. The normalized spacial score (nSPS) is 10.9. The van der Waals surface area contributed by atoms with Crippen molar-refractivity contribution in [3.63, 3.8) is 0 Å². The second kappa shape index (κ2) is 8.07. The molecule has 0 fully saturated rings. The quantitative estimate of drug-likeness (QED) is 0.654. The summed E-state index contributed by atoms with van der Waals surface area (Å²) in [5, 5.41) is 15.7. The van der Waals surface area contributed by atoms with Gasteiger partial charge in [0.15, 0.2) is 0 Å². The van der Waals surface area contributed by atoms with E-state index in [1.807, 2.05) is 36.4 Å². The number of rotatable bonds is 8. The van der Waals surface area contributed by atoms with Crippen molar-refractivity contribution in [3.05, 3.63) is 47.2 Å². The Kier molecular flexibility index (Phi) is 6.08. The first-order valence-corrected chi connectivity index (χ1v) is 7.04. The van der Waals surface area contributed by atoms with Gasteiger partial charge in [-0.1, -0.05) is 23.7 Å². The molecule has 0 radical (unpaired) electrons. The van der Waals surface area contributed by atoms with Crippen molar-refractivity contribution in [2.75, 3.05) is 26.2 Å². The Bertz CT molecular complexity index is 528. The van der Waals surface area contributed by atoms with Crippen LogP contribution in [0.3, 0.4) is 0 Å². The number of hydrogen-bond donors (Lipinski definition) is 3. The van der Waals surface area contributed by atoms with E-state index >= 15 is 0 Å². The molecule has 0 saturated carbocycles. The van der Waals surface area contributed by atoms with Gasteiger partial charge < -0.3 is 20.2 Å². The zero-order valence-electron chi connectivity index (χ0n) is 11.2. The Morgan fingerprint density at radius 2 is 1.90 bits per heavy atom. The fraction of sp³-hybridized carbons (Fsp3) is 0.333. The molecule has 0 aliphatic heterocycles. The number of aliphatic hydroxyl groups excluding tert-OH is 1. The molecule has 2 aromatic rings. The lowest BCUT2D eigenvalue weighted by atomic mass is 10.2. The van der Waals surface area contributed by atoms with Crippen molar-refractivity contribution in [1.29, 1.82) is 0 Å². The van der Waals surface area contributed by atoms with E-state index in [1.165, 1.54) is 0 Å². The minimum Gasteiger partial charge on any atom is -0.460 e. The van der Waals surface area contributed by atoms with Crippen LogP contribution in [0.4, 0.5) is 0 Å². The third-order valence-electron chi connectivity index (χ3n) is 2.84. The van der Waals surface area contributed by atoms with E-state index in [9.17, 15) is 0 Å². The van der Waals surface area contributed by atoms with Crippen LogP contribution in [-0.4, -0.2) is 31.3 Å². The third-order valence-corrected chi connectivity index (χ3v) is 3.07. The molecule has 0 aliphatic carbocycles. The van der Waals surface area contributed by atoms with Crippen LogP contribution in [0.1, 0.15) is 5.76 Å². The average Bonchev–Trinajstić information content (AvgIpc) is 2.91. The molecule has 3 N–H and O–H groups in total. The summed E-state index contributed by atoms with van der Waals surface area (Å²) < 4.78 is 5.77. The molecular formula is C15H19ClN2O2. The van der Waals surface area contributed by atoms with Crippen LogP contribution in [0.5, 0.6) is 0 Å². The standard InChI is InChI=1S/C15H19ClN2O2/c16-13-3-1-2-12(10-13)15-5-4-14(20-15)11-18-7-6-17-8-9-19/h1-5,10,17-19H,6-9,11H2. The lowest BCUT2D eigenvalue weighted by Crippen LogP contribution is -2.28. The molecule has 2 rings (SSSR count). The minimum atomic E-state index is 0.168. The van der Waals surface area contributed by atoms with E-state index in [0.717, 1.165) is 30.2 Å². The van der Waals surface area contributed by atoms with Crippen molar-refractivity contribution < 1.29 is 9.52 Å². The Hall–Kier alpha value is -1.33. The molecule has 0 aliphatic rings. The fourth-order valence-corrected chi connectivity index (χ4v) is 2.05. The summed E-state index contributed by atoms with van der Waals surface area (Å²) in [5.74, 6) is 1.71. The van der Waals surface area contributed by atoms with Gasteiger partial charge in [0.2, 0.25) is 0 Å². The van der Waals surface area contributed by atoms with Crippen molar-refractivity contribution in [2.45, 2.75) is 6.54 Å². The van der Waals surface area contributed by atoms with Gasteiger partial charge in [0.05, 0.1) is 13.2 Å². The molecule has 20 heavy (non-hydrogen) atoms. The van der Waals surface area contributed by atoms with Gasteiger partial charge in [-0.3, -0.25) is 0 Å². The number of furan rings is 1. The molecule has 1 heterocycles. The van der Waals surface area contributed by atoms with Gasteiger partial charge in [0.25, 0.3) is 0 Å². The number of nitrogens with one attached hydrogen (secondary N) is 2. The predicted molar refractivity (Wildman–Crippen MR) is 80.8 cm³/mol. The first-order valence-electron chi connectivity index (χ1n) is 6.66. The van der Waals surface area contributed by atoms with Gasteiger partial charge in [-0.15, -0.1) is 0 Å². The maximum atomic E-state index is 8.62. The van der Waals surface area contributed by atoms with Crippen LogP contribution in [0.15, 0.2) is 40.8 Å². The number of halogens is 1. The maximum Gasteiger partial charge on any atom is 0.134 e. The highest BCUT2D eigenvalue weighted by atomic mass is 35.5. The molecule has 1 aromatic carbocycles. The van der Waals surface area contributed by atoms with Gasteiger partial charge >= 0.3 is 0 Å². The van der Waals surface area contributed by atoms with Crippen LogP contribution in [-0.2, 0) is 6.54 Å². The molecule has 0 saturated heterocycles. The zero-order valence-corrected chi connectivity index (χ0v) is 12.0. The SMILES string of the molecule is OCCNCCNCc1ccc(-c2cccc(Cl)c2)o1. The van der Waals surface area contributed by atoms with Crippen LogP contribution in [0, 0.1) is 0 Å². The summed E-state index contributed by atoms with van der Waals surface area (Å²) in [6.07, 6.45) is 0. The van der Waals surface area contributed by atoms with Crippen molar-refractivity contribution in [1.82, 2.24) is 10.6 Å². The molecule has 1 aromatic heterocycles. The van der Waals surface area contributed by atoms with Crippen molar-refractivity contribution in [3.8, 4) is 11.3 Å². The lowest BCUT2D eigenvalue weighted by Gasteiger charge is -2.04. The fourth-order valence-electron chi connectivity index (χ4n) is 1.86. The van der Waals surface area contributed by atoms with E-state index < -0.39 is 0 Å². The van der Waals surface area contributed by atoms with Crippen LogP contribution >= 0.6 is 11.6 Å². The van der Waals surface area contributed by atoms with Gasteiger partial charge in [-0.05, 0) is 24.3 Å². The van der Waals surface area contributed by atoms with E-state index in [-0.39, 0.29) is 6.61 Å². The van der Waals surface area contributed by atoms with Gasteiger partial charge in [0.1, 0.15) is 11.5 Å². The van der Waals surface area contributed by atoms with Gasteiger partial charge in [-0.2, -0.15) is 0 Å². The molecule has 0 amide bonds. The first-order chi connectivity index (χ1) is 9.79. The summed E-state index contributed by atoms with van der Waals surface area (Å²) in [7, 11) is 0. The van der Waals surface area contributed by atoms with Gasteiger partial charge in [-0.25, -0.2) is 0 Å². The summed E-state index contributed by atoms with van der Waals surface area (Å²) in [6.45, 7) is 3.12. The second-order valence-electron chi connectivity index (χ2n) is 4.43. The molecule has 4 nitrogen and oxygen atoms in total. The molecule has 108 valence electrons. The zero-order chi connectivity index (χ0) is 14.2. The third kappa shape index (κ3) is 4.65. The monoisotopic (exact) mass is 294 g/mol. The Morgan fingerprint density at radius 1 is 1.05 bits per heavy atom. The highest BCUT2D eigenvalue weighted by Gasteiger charge is 2.04. The van der Waals surface area contributed by atoms with E-state index in [1.54, 1.807) is 0 Å². The Balaban J connectivity index is 1.80. The van der Waals surface area contributed by atoms with E-state index in [4.69, 9.17) is 21.1 Å². The first kappa shape index (κ1) is 15.1. The molecule has 0 atom stereocenters. The number of hydrogen-bond acceptors (Lipinski definition) is 4. The topological polar surface area (TPSA) is 57.4 Å². The number of aliphatic hydroxyl groups is 1. The largest absolute Gasteiger partial charge is 0.460 e. The van der Waals surface area contributed by atoms with Crippen LogP contribution < -0.4 is 10.6 Å². The van der Waals surface area contributed by atoms with E-state index in [0.29, 0.717) is 18.1 Å². The Labute approximate surface area is 123 Å². The predicted octanol–water partition coefficient (Wildman–Crippen LogP) is 2.27. The van der Waals surface area contributed by atoms with Gasteiger partial charge in [0, 0.05) is 30.2 Å². The molecule has 5 heteroatoms. The molecular weight excluding hydrogens is 276 g/mol. The summed E-state index contributed by atoms with van der Waals surface area (Å²) in [4.78, 5) is 0. The minimum absolute atomic E-state index is 0.168. The second-order valence-corrected chi connectivity index (χ2v) is 4.86. The molecule has 0 unspecified atom stereocenters. The van der Waals surface area contributed by atoms with Crippen LogP contribution in [0.2, 0.25) is 5.02 Å². The molecule has 0 spiro atoms. The summed E-state index contributed by atoms with van der Waals surface area (Å²) in [6, 6.07) is 11.5. The van der Waals surface area contributed by atoms with Crippen molar-refractivity contribution >= 4 is 11.6 Å².